The van der Waals surface area contributed by atoms with Crippen LogP contribution >= 0.6 is 0 Å². The summed E-state index contributed by atoms with van der Waals surface area (Å²) in [5.74, 6) is 0.374. The summed E-state index contributed by atoms with van der Waals surface area (Å²) in [6.45, 7) is 2.78. The van der Waals surface area contributed by atoms with Gasteiger partial charge in [0.1, 0.15) is 0 Å². The van der Waals surface area contributed by atoms with Crippen LogP contribution in [0.4, 0.5) is 0 Å². The van der Waals surface area contributed by atoms with Crippen molar-refractivity contribution in [3.05, 3.63) is 53.3 Å². The van der Waals surface area contributed by atoms with E-state index in [2.05, 4.69) is 42.5 Å². The molecular weight excluding hydrogens is 210 g/mol. The molecule has 0 amide bonds. The maximum absolute atomic E-state index is 5.88. The molecule has 1 heterocycles. The molecule has 1 aromatic carbocycles. The van der Waals surface area contributed by atoms with Crippen molar-refractivity contribution < 1.29 is 0 Å². The van der Waals surface area contributed by atoms with Crippen molar-refractivity contribution in [2.45, 2.75) is 19.3 Å². The van der Waals surface area contributed by atoms with Gasteiger partial charge in [-0.15, -0.1) is 0 Å². The average Bonchev–Trinajstić information content (AvgIpc) is 2.72. The quantitative estimate of drug-likeness (QED) is 0.871. The summed E-state index contributed by atoms with van der Waals surface area (Å²) in [6.07, 6.45) is 4.92. The van der Waals surface area contributed by atoms with Gasteiger partial charge >= 0.3 is 0 Å². The maximum Gasteiger partial charge on any atom is 0.0521 e. The van der Waals surface area contributed by atoms with Gasteiger partial charge in [0.15, 0.2) is 0 Å². The monoisotopic (exact) mass is 229 g/mol. The molecule has 0 aliphatic rings. The highest BCUT2D eigenvalue weighted by molar-refractivity contribution is 5.27. The Morgan fingerprint density at radius 3 is 2.82 bits per heavy atom. The molecule has 1 atom stereocenters. The summed E-state index contributed by atoms with van der Waals surface area (Å²) >= 11 is 0. The van der Waals surface area contributed by atoms with E-state index in [4.69, 9.17) is 5.73 Å². The number of hydrogen-bond donors (Lipinski definition) is 1. The molecule has 17 heavy (non-hydrogen) atoms. The zero-order valence-corrected chi connectivity index (χ0v) is 10.4. The highest BCUT2D eigenvalue weighted by Crippen LogP contribution is 2.20. The molecule has 0 aliphatic heterocycles. The highest BCUT2D eigenvalue weighted by Gasteiger charge is 2.11. The molecule has 0 bridgehead atoms. The molecule has 2 aromatic rings. The molecule has 0 spiro atoms. The first-order valence-electron chi connectivity index (χ1n) is 5.93. The van der Waals surface area contributed by atoms with Crippen LogP contribution in [0.3, 0.4) is 0 Å². The first-order valence-corrected chi connectivity index (χ1v) is 5.93. The molecule has 90 valence electrons. The number of nitrogens with two attached hydrogens (primary N) is 1. The standard InChI is InChI=1S/C14H19N3/c1-11-4-3-5-13(6-11)14(8-15)7-12-9-16-17(2)10-12/h3-6,9-10,14H,7-8,15H2,1-2H3. The minimum absolute atomic E-state index is 0.374. The van der Waals surface area contributed by atoms with Gasteiger partial charge in [-0.25, -0.2) is 0 Å². The summed E-state index contributed by atoms with van der Waals surface area (Å²) in [6, 6.07) is 8.58. The summed E-state index contributed by atoms with van der Waals surface area (Å²) in [7, 11) is 1.94. The molecule has 0 aliphatic carbocycles. The fourth-order valence-corrected chi connectivity index (χ4v) is 2.12. The first-order chi connectivity index (χ1) is 8.19. The summed E-state index contributed by atoms with van der Waals surface area (Å²) in [5, 5.41) is 4.19. The van der Waals surface area contributed by atoms with Crippen molar-refractivity contribution in [3.8, 4) is 0 Å². The molecular formula is C14H19N3. The number of aromatic nitrogens is 2. The van der Waals surface area contributed by atoms with E-state index in [-0.39, 0.29) is 0 Å². The van der Waals surface area contributed by atoms with E-state index in [1.165, 1.54) is 16.7 Å². The lowest BCUT2D eigenvalue weighted by molar-refractivity contribution is 0.692. The van der Waals surface area contributed by atoms with Gasteiger partial charge in [0.25, 0.3) is 0 Å². The lowest BCUT2D eigenvalue weighted by atomic mass is 9.92. The van der Waals surface area contributed by atoms with E-state index in [9.17, 15) is 0 Å². The minimum Gasteiger partial charge on any atom is -0.330 e. The van der Waals surface area contributed by atoms with Crippen molar-refractivity contribution in [3.63, 3.8) is 0 Å². The van der Waals surface area contributed by atoms with Gasteiger partial charge in [-0.3, -0.25) is 4.68 Å². The largest absolute Gasteiger partial charge is 0.330 e. The summed E-state index contributed by atoms with van der Waals surface area (Å²) in [5.41, 5.74) is 9.72. The van der Waals surface area contributed by atoms with Gasteiger partial charge in [-0.05, 0) is 31.0 Å². The lowest BCUT2D eigenvalue weighted by Gasteiger charge is -2.14. The Morgan fingerprint density at radius 1 is 1.41 bits per heavy atom. The van der Waals surface area contributed by atoms with Crippen molar-refractivity contribution in [1.82, 2.24) is 9.78 Å². The Balaban J connectivity index is 2.16. The third kappa shape index (κ3) is 2.94. The van der Waals surface area contributed by atoms with Gasteiger partial charge in [0.2, 0.25) is 0 Å². The SMILES string of the molecule is Cc1cccc(C(CN)Cc2cnn(C)c2)c1. The van der Waals surface area contributed by atoms with Crippen molar-refractivity contribution in [1.29, 1.82) is 0 Å². The van der Waals surface area contributed by atoms with Crippen molar-refractivity contribution >= 4 is 0 Å². The van der Waals surface area contributed by atoms with Gasteiger partial charge < -0.3 is 5.73 Å². The van der Waals surface area contributed by atoms with E-state index in [1.807, 2.05) is 17.9 Å². The Morgan fingerprint density at radius 2 is 2.24 bits per heavy atom. The van der Waals surface area contributed by atoms with Crippen molar-refractivity contribution in [2.75, 3.05) is 6.54 Å². The molecule has 3 heteroatoms. The van der Waals surface area contributed by atoms with Crippen LogP contribution in [0.2, 0.25) is 0 Å². The second kappa shape index (κ2) is 5.15. The van der Waals surface area contributed by atoms with Crippen LogP contribution in [0.5, 0.6) is 0 Å². The van der Waals surface area contributed by atoms with E-state index >= 15 is 0 Å². The number of nitrogens with zero attached hydrogens (tertiary/aromatic N) is 2. The topological polar surface area (TPSA) is 43.8 Å². The van der Waals surface area contributed by atoms with Crippen LogP contribution < -0.4 is 5.73 Å². The van der Waals surface area contributed by atoms with Gasteiger partial charge in [0.05, 0.1) is 6.20 Å². The zero-order valence-electron chi connectivity index (χ0n) is 10.4. The molecule has 1 aromatic heterocycles. The minimum atomic E-state index is 0.374. The third-order valence-corrected chi connectivity index (χ3v) is 3.04. The third-order valence-electron chi connectivity index (χ3n) is 3.04. The fourth-order valence-electron chi connectivity index (χ4n) is 2.12. The summed E-state index contributed by atoms with van der Waals surface area (Å²) in [4.78, 5) is 0. The molecule has 2 N–H and O–H groups in total. The van der Waals surface area contributed by atoms with Crippen LogP contribution in [0, 0.1) is 6.92 Å². The number of rotatable bonds is 4. The number of aryl methyl sites for hydroxylation is 2. The van der Waals surface area contributed by atoms with E-state index in [0.717, 1.165) is 6.42 Å². The Kier molecular flexibility index (Phi) is 3.59. The maximum atomic E-state index is 5.88. The Hall–Kier alpha value is -1.61. The Bertz CT molecular complexity index is 488. The van der Waals surface area contributed by atoms with E-state index < -0.39 is 0 Å². The van der Waals surface area contributed by atoms with Crippen LogP contribution in [-0.2, 0) is 13.5 Å². The molecule has 0 saturated heterocycles. The van der Waals surface area contributed by atoms with Gasteiger partial charge in [0, 0.05) is 19.2 Å². The Labute approximate surface area is 102 Å². The highest BCUT2D eigenvalue weighted by atomic mass is 15.2. The van der Waals surface area contributed by atoms with Crippen LogP contribution in [-0.4, -0.2) is 16.3 Å². The van der Waals surface area contributed by atoms with Crippen LogP contribution in [0.25, 0.3) is 0 Å². The zero-order chi connectivity index (χ0) is 12.3. The normalized spacial score (nSPS) is 12.6. The molecule has 0 radical (unpaired) electrons. The molecule has 1 unspecified atom stereocenters. The number of hydrogen-bond acceptors (Lipinski definition) is 2. The summed E-state index contributed by atoms with van der Waals surface area (Å²) < 4.78 is 1.83. The van der Waals surface area contributed by atoms with E-state index in [0.29, 0.717) is 12.5 Å². The van der Waals surface area contributed by atoms with Gasteiger partial charge in [-0.1, -0.05) is 29.8 Å². The molecule has 0 saturated carbocycles. The van der Waals surface area contributed by atoms with Crippen LogP contribution in [0.15, 0.2) is 36.7 Å². The first kappa shape index (κ1) is 11.9. The van der Waals surface area contributed by atoms with E-state index in [1.54, 1.807) is 0 Å². The molecule has 3 nitrogen and oxygen atoms in total. The second-order valence-electron chi connectivity index (χ2n) is 4.57. The molecule has 2 rings (SSSR count). The predicted molar refractivity (Wildman–Crippen MR) is 69.9 cm³/mol. The van der Waals surface area contributed by atoms with Gasteiger partial charge in [-0.2, -0.15) is 5.10 Å². The van der Waals surface area contributed by atoms with Crippen LogP contribution in [0.1, 0.15) is 22.6 Å². The fraction of sp³-hybridized carbons (Fsp3) is 0.357. The lowest BCUT2D eigenvalue weighted by Crippen LogP contribution is -2.15. The smallest absolute Gasteiger partial charge is 0.0521 e. The number of benzene rings is 1. The van der Waals surface area contributed by atoms with Crippen molar-refractivity contribution in [2.24, 2.45) is 12.8 Å². The average molecular weight is 229 g/mol. The predicted octanol–water partition coefficient (Wildman–Crippen LogP) is 2.01. The second-order valence-corrected chi connectivity index (χ2v) is 4.57. The molecule has 0 fully saturated rings.